The van der Waals surface area contributed by atoms with E-state index in [-0.39, 0.29) is 28.5 Å². The smallest absolute Gasteiger partial charge is 0.323 e. The largest absolute Gasteiger partial charge is 0.416 e. The highest BCUT2D eigenvalue weighted by Gasteiger charge is 2.38. The molecule has 1 saturated heterocycles. The highest BCUT2D eigenvalue weighted by atomic mass is 32.2. The minimum atomic E-state index is -5.00. The third-order valence-electron chi connectivity index (χ3n) is 6.12. The molecule has 2 aromatic carbocycles. The van der Waals surface area contributed by atoms with Gasteiger partial charge in [-0.2, -0.15) is 26.3 Å². The van der Waals surface area contributed by atoms with Crippen molar-refractivity contribution in [2.45, 2.75) is 56.9 Å². The molecule has 0 N–H and O–H groups in total. The quantitative estimate of drug-likeness (QED) is 0.378. The van der Waals surface area contributed by atoms with E-state index in [1.807, 2.05) is 0 Å². The predicted octanol–water partition coefficient (Wildman–Crippen LogP) is 7.21. The van der Waals surface area contributed by atoms with E-state index in [0.717, 1.165) is 16.7 Å². The second-order valence-electron chi connectivity index (χ2n) is 9.02. The number of hydrogen-bond acceptors (Lipinski definition) is 3. The van der Waals surface area contributed by atoms with Gasteiger partial charge < -0.3 is 9.80 Å². The van der Waals surface area contributed by atoms with Crippen molar-refractivity contribution in [1.29, 1.82) is 0 Å². The van der Waals surface area contributed by atoms with Crippen LogP contribution in [0.1, 0.15) is 53.6 Å². The third-order valence-corrected chi connectivity index (χ3v) is 7.21. The Balaban J connectivity index is 1.91. The fourth-order valence-corrected chi connectivity index (χ4v) is 5.45. The second kappa shape index (κ2) is 10.9. The Morgan fingerprint density at radius 1 is 1.03 bits per heavy atom. The summed E-state index contributed by atoms with van der Waals surface area (Å²) in [6, 6.07) is 4.16. The predicted molar refractivity (Wildman–Crippen MR) is 125 cm³/mol. The Hall–Kier alpha value is -2.76. The minimum Gasteiger partial charge on any atom is -0.323 e. The van der Waals surface area contributed by atoms with Gasteiger partial charge in [0.1, 0.15) is 5.82 Å². The molecule has 1 fully saturated rings. The van der Waals surface area contributed by atoms with Crippen molar-refractivity contribution < 1.29 is 40.3 Å². The maximum atomic E-state index is 13.7. The standard InChI is InChI=1S/C25H25F7N2O2S/c1-14-8-19(26)4-5-21(14)22-12-20(37-15(2)35)6-7-34(22)23(36)33(3)13-16-9-17(24(27,28)29)11-18(10-16)25(30,31)32/h4-5,8-11,20,22H,6-7,12-13H2,1-3H3/t20-,22+/m0/s1. The number of piperidine rings is 1. The van der Waals surface area contributed by atoms with Crippen LogP contribution in [0, 0.1) is 12.7 Å². The van der Waals surface area contributed by atoms with Gasteiger partial charge in [0, 0.05) is 32.3 Å². The number of thioether (sulfide) groups is 1. The first-order valence-corrected chi connectivity index (χ1v) is 12.2. The van der Waals surface area contributed by atoms with Crippen LogP contribution < -0.4 is 0 Å². The lowest BCUT2D eigenvalue weighted by Gasteiger charge is -2.41. The monoisotopic (exact) mass is 550 g/mol. The molecule has 2 atom stereocenters. The van der Waals surface area contributed by atoms with Gasteiger partial charge in [-0.25, -0.2) is 9.18 Å². The number of likely N-dealkylation sites (tertiary alicyclic amines) is 1. The van der Waals surface area contributed by atoms with E-state index >= 15 is 0 Å². The molecule has 3 rings (SSSR count). The molecule has 0 bridgehead atoms. The van der Waals surface area contributed by atoms with Gasteiger partial charge in [-0.05, 0) is 66.8 Å². The van der Waals surface area contributed by atoms with Crippen LogP contribution in [0.25, 0.3) is 0 Å². The maximum Gasteiger partial charge on any atom is 0.416 e. The number of alkyl halides is 6. The molecule has 1 heterocycles. The minimum absolute atomic E-state index is 0.0378. The Morgan fingerprint density at radius 2 is 1.62 bits per heavy atom. The van der Waals surface area contributed by atoms with Gasteiger partial charge in [0.25, 0.3) is 0 Å². The van der Waals surface area contributed by atoms with Gasteiger partial charge in [0.05, 0.1) is 17.2 Å². The van der Waals surface area contributed by atoms with Gasteiger partial charge in [-0.15, -0.1) is 0 Å². The number of benzene rings is 2. The van der Waals surface area contributed by atoms with E-state index in [4.69, 9.17) is 0 Å². The number of rotatable bonds is 4. The van der Waals surface area contributed by atoms with Crippen molar-refractivity contribution >= 4 is 22.9 Å². The molecule has 2 amide bonds. The summed E-state index contributed by atoms with van der Waals surface area (Å²) < 4.78 is 93.2. The highest BCUT2D eigenvalue weighted by Crippen LogP contribution is 2.39. The van der Waals surface area contributed by atoms with Crippen LogP contribution in [0.4, 0.5) is 35.5 Å². The molecule has 0 saturated carbocycles. The van der Waals surface area contributed by atoms with Crippen molar-refractivity contribution in [3.63, 3.8) is 0 Å². The number of amides is 2. The van der Waals surface area contributed by atoms with Crippen LogP contribution in [0.15, 0.2) is 36.4 Å². The molecule has 202 valence electrons. The maximum absolute atomic E-state index is 13.7. The lowest BCUT2D eigenvalue weighted by Crippen LogP contribution is -2.47. The number of hydrogen-bond donors (Lipinski definition) is 0. The Bertz CT molecular complexity index is 1130. The van der Waals surface area contributed by atoms with E-state index in [0.29, 0.717) is 36.1 Å². The summed E-state index contributed by atoms with van der Waals surface area (Å²) in [5.41, 5.74) is -2.02. The van der Waals surface area contributed by atoms with E-state index in [1.165, 1.54) is 31.0 Å². The number of carbonyl (C=O) groups excluding carboxylic acids is 2. The number of carbonyl (C=O) groups is 2. The first kappa shape index (κ1) is 28.8. The molecule has 1 aliphatic heterocycles. The molecule has 0 aliphatic carbocycles. The third kappa shape index (κ3) is 7.18. The van der Waals surface area contributed by atoms with Crippen molar-refractivity contribution in [2.75, 3.05) is 13.6 Å². The zero-order chi connectivity index (χ0) is 27.7. The molecule has 1 aliphatic rings. The van der Waals surface area contributed by atoms with Crippen LogP contribution >= 0.6 is 11.8 Å². The number of aryl methyl sites for hydroxylation is 1. The van der Waals surface area contributed by atoms with Crippen molar-refractivity contribution in [1.82, 2.24) is 9.80 Å². The summed E-state index contributed by atoms with van der Waals surface area (Å²) in [5.74, 6) is -0.466. The van der Waals surface area contributed by atoms with Gasteiger partial charge >= 0.3 is 18.4 Å². The van der Waals surface area contributed by atoms with Crippen LogP contribution in [0.2, 0.25) is 0 Å². The molecular formula is C25H25F7N2O2S. The summed E-state index contributed by atoms with van der Waals surface area (Å²) in [4.78, 5) is 27.6. The fourth-order valence-electron chi connectivity index (χ4n) is 4.48. The number of halogens is 7. The summed E-state index contributed by atoms with van der Waals surface area (Å²) >= 11 is 1.14. The zero-order valence-electron chi connectivity index (χ0n) is 20.2. The Morgan fingerprint density at radius 3 is 2.14 bits per heavy atom. The van der Waals surface area contributed by atoms with Crippen molar-refractivity contribution in [2.24, 2.45) is 0 Å². The SMILES string of the molecule is CC(=O)S[C@H]1CCN(C(=O)N(C)Cc2cc(C(F)(F)F)cc(C(F)(F)F)c2)[C@@H](c2ccc(F)cc2C)C1. The molecule has 12 heteroatoms. The molecule has 2 aromatic rings. The zero-order valence-corrected chi connectivity index (χ0v) is 21.0. The molecule has 0 spiro atoms. The lowest BCUT2D eigenvalue weighted by molar-refractivity contribution is -0.143. The molecule has 4 nitrogen and oxygen atoms in total. The normalized spacial score (nSPS) is 18.6. The van der Waals surface area contributed by atoms with E-state index in [1.54, 1.807) is 13.0 Å². The van der Waals surface area contributed by atoms with E-state index < -0.39 is 47.9 Å². The van der Waals surface area contributed by atoms with Crippen LogP contribution in [-0.2, 0) is 23.7 Å². The summed E-state index contributed by atoms with van der Waals surface area (Å²) in [7, 11) is 1.29. The van der Waals surface area contributed by atoms with Crippen molar-refractivity contribution in [3.8, 4) is 0 Å². The van der Waals surface area contributed by atoms with Gasteiger partial charge in [0.2, 0.25) is 0 Å². The Kier molecular flexibility index (Phi) is 8.50. The number of urea groups is 1. The summed E-state index contributed by atoms with van der Waals surface area (Å²) in [6.45, 7) is 2.81. The molecule has 0 radical (unpaired) electrons. The molecule has 0 unspecified atom stereocenters. The van der Waals surface area contributed by atoms with Gasteiger partial charge in [-0.1, -0.05) is 17.8 Å². The Labute approximate surface area is 213 Å². The second-order valence-corrected chi connectivity index (χ2v) is 10.5. The molecule has 0 aromatic heterocycles. The lowest BCUT2D eigenvalue weighted by atomic mass is 9.92. The van der Waals surface area contributed by atoms with Crippen LogP contribution in [0.5, 0.6) is 0 Å². The van der Waals surface area contributed by atoms with Gasteiger partial charge in [0.15, 0.2) is 5.12 Å². The first-order valence-electron chi connectivity index (χ1n) is 11.3. The highest BCUT2D eigenvalue weighted by molar-refractivity contribution is 8.14. The summed E-state index contributed by atoms with van der Waals surface area (Å²) in [6.07, 6.45) is -9.17. The van der Waals surface area contributed by atoms with E-state index in [9.17, 15) is 40.3 Å². The van der Waals surface area contributed by atoms with Gasteiger partial charge in [-0.3, -0.25) is 4.79 Å². The molecular weight excluding hydrogens is 525 g/mol. The molecule has 37 heavy (non-hydrogen) atoms. The first-order chi connectivity index (χ1) is 17.1. The fraction of sp³-hybridized carbons (Fsp3) is 0.440. The summed E-state index contributed by atoms with van der Waals surface area (Å²) in [5, 5.41) is -0.208. The van der Waals surface area contributed by atoms with Crippen LogP contribution in [-0.4, -0.2) is 39.8 Å². The average Bonchev–Trinajstić information content (AvgIpc) is 2.77. The van der Waals surface area contributed by atoms with E-state index in [2.05, 4.69) is 0 Å². The average molecular weight is 551 g/mol. The number of nitrogens with zero attached hydrogens (tertiary/aromatic N) is 2. The topological polar surface area (TPSA) is 40.6 Å². The van der Waals surface area contributed by atoms with Crippen molar-refractivity contribution in [3.05, 3.63) is 70.0 Å². The van der Waals surface area contributed by atoms with Crippen LogP contribution in [0.3, 0.4) is 0 Å².